The maximum absolute atomic E-state index is 12.6. The summed E-state index contributed by atoms with van der Waals surface area (Å²) in [5.74, 6) is -0.271. The van der Waals surface area contributed by atoms with Gasteiger partial charge in [-0.15, -0.1) is 0 Å². The van der Waals surface area contributed by atoms with Crippen molar-refractivity contribution in [3.63, 3.8) is 0 Å². The molecule has 0 unspecified atom stereocenters. The lowest BCUT2D eigenvalue weighted by Crippen LogP contribution is -2.10. The first-order valence-corrected chi connectivity index (χ1v) is 10.8. The highest BCUT2D eigenvalue weighted by Gasteiger charge is 2.18. The minimum atomic E-state index is -0.509. The summed E-state index contributed by atoms with van der Waals surface area (Å²) < 4.78 is 15.9. The van der Waals surface area contributed by atoms with Gasteiger partial charge in [0, 0.05) is 17.3 Å². The van der Waals surface area contributed by atoms with Crippen molar-refractivity contribution in [2.75, 3.05) is 19.0 Å². The number of fused-ring (bicyclic) bond motifs is 1. The first kappa shape index (κ1) is 22.8. The van der Waals surface area contributed by atoms with Gasteiger partial charge >= 0.3 is 11.9 Å². The summed E-state index contributed by atoms with van der Waals surface area (Å²) in [4.78, 5) is 29.1. The topological polar surface area (TPSA) is 86.8 Å². The smallest absolute Gasteiger partial charge is 0.341 e. The predicted octanol–water partition coefficient (Wildman–Crippen LogP) is 5.52. The SMILES string of the molecule is CCOC(=O)c1cnc2ccc(C(=O)OC)cc2c1Nc1ccc(OCc2ccccc2)cc1. The van der Waals surface area contributed by atoms with E-state index in [4.69, 9.17) is 14.2 Å². The normalized spacial score (nSPS) is 10.5. The van der Waals surface area contributed by atoms with E-state index in [0.29, 0.717) is 34.5 Å². The Balaban J connectivity index is 1.65. The Bertz CT molecular complexity index is 1300. The molecule has 3 aromatic carbocycles. The van der Waals surface area contributed by atoms with Crippen LogP contribution < -0.4 is 10.1 Å². The Morgan fingerprint density at radius 3 is 2.41 bits per heavy atom. The van der Waals surface area contributed by atoms with Crippen LogP contribution >= 0.6 is 0 Å². The summed E-state index contributed by atoms with van der Waals surface area (Å²) in [5, 5.41) is 3.89. The lowest BCUT2D eigenvalue weighted by molar-refractivity contribution is 0.0526. The molecule has 1 aromatic heterocycles. The molecule has 0 aliphatic heterocycles. The van der Waals surface area contributed by atoms with Gasteiger partial charge in [-0.25, -0.2) is 9.59 Å². The lowest BCUT2D eigenvalue weighted by atomic mass is 10.1. The van der Waals surface area contributed by atoms with Gasteiger partial charge in [-0.1, -0.05) is 30.3 Å². The third kappa shape index (κ3) is 5.15. The number of ether oxygens (including phenoxy) is 3. The van der Waals surface area contributed by atoms with Gasteiger partial charge in [0.15, 0.2) is 0 Å². The second-order valence-electron chi connectivity index (χ2n) is 7.41. The summed E-state index contributed by atoms with van der Waals surface area (Å²) in [7, 11) is 1.32. The molecule has 0 bridgehead atoms. The zero-order valence-electron chi connectivity index (χ0n) is 18.9. The summed E-state index contributed by atoms with van der Waals surface area (Å²) in [6, 6.07) is 22.3. The number of carbonyl (C=O) groups excluding carboxylic acids is 2. The molecule has 34 heavy (non-hydrogen) atoms. The fourth-order valence-corrected chi connectivity index (χ4v) is 3.46. The summed E-state index contributed by atoms with van der Waals surface area (Å²) >= 11 is 0. The van der Waals surface area contributed by atoms with E-state index in [1.165, 1.54) is 13.3 Å². The molecule has 7 heteroatoms. The van der Waals surface area contributed by atoms with Crippen molar-refractivity contribution in [1.82, 2.24) is 4.98 Å². The standard InChI is InChI=1S/C27H24N2O5/c1-3-33-27(31)23-16-28-24-14-9-19(26(30)32-2)15-22(24)25(23)29-20-10-12-21(13-11-20)34-17-18-7-5-4-6-8-18/h4-16H,3,17H2,1-2H3,(H,28,29). The van der Waals surface area contributed by atoms with Crippen LogP contribution in [0, 0.1) is 0 Å². The van der Waals surface area contributed by atoms with Crippen LogP contribution in [0.1, 0.15) is 33.2 Å². The minimum Gasteiger partial charge on any atom is -0.489 e. The van der Waals surface area contributed by atoms with Gasteiger partial charge in [-0.3, -0.25) is 4.98 Å². The third-order valence-electron chi connectivity index (χ3n) is 5.16. The Hall–Kier alpha value is -4.39. The van der Waals surface area contributed by atoms with Gasteiger partial charge < -0.3 is 19.5 Å². The number of aromatic nitrogens is 1. The molecule has 0 saturated carbocycles. The van der Waals surface area contributed by atoms with Crippen molar-refractivity contribution >= 4 is 34.2 Å². The molecule has 0 saturated heterocycles. The minimum absolute atomic E-state index is 0.228. The van der Waals surface area contributed by atoms with Crippen molar-refractivity contribution in [2.24, 2.45) is 0 Å². The molecular weight excluding hydrogens is 432 g/mol. The van der Waals surface area contributed by atoms with E-state index in [1.807, 2.05) is 54.6 Å². The van der Waals surface area contributed by atoms with Gasteiger partial charge in [-0.2, -0.15) is 0 Å². The molecule has 0 amide bonds. The highest BCUT2D eigenvalue weighted by molar-refractivity contribution is 6.07. The van der Waals surface area contributed by atoms with E-state index < -0.39 is 11.9 Å². The zero-order chi connectivity index (χ0) is 23.9. The first-order chi connectivity index (χ1) is 16.6. The van der Waals surface area contributed by atoms with Crippen LogP contribution in [-0.4, -0.2) is 30.6 Å². The number of esters is 2. The number of benzene rings is 3. The number of anilines is 2. The van der Waals surface area contributed by atoms with Gasteiger partial charge in [-0.05, 0) is 55.0 Å². The van der Waals surface area contributed by atoms with Crippen molar-refractivity contribution in [3.8, 4) is 5.75 Å². The fraction of sp³-hybridized carbons (Fsp3) is 0.148. The largest absolute Gasteiger partial charge is 0.489 e. The van der Waals surface area contributed by atoms with Crippen LogP contribution in [0.4, 0.5) is 11.4 Å². The van der Waals surface area contributed by atoms with E-state index >= 15 is 0 Å². The maximum atomic E-state index is 12.6. The van der Waals surface area contributed by atoms with E-state index in [9.17, 15) is 9.59 Å². The highest BCUT2D eigenvalue weighted by Crippen LogP contribution is 2.31. The molecule has 172 valence electrons. The summed E-state index contributed by atoms with van der Waals surface area (Å²) in [6.07, 6.45) is 1.47. The third-order valence-corrected chi connectivity index (χ3v) is 5.16. The Kier molecular flexibility index (Phi) is 7.03. The molecule has 1 N–H and O–H groups in total. The van der Waals surface area contributed by atoms with Crippen LogP contribution in [0.15, 0.2) is 79.0 Å². The van der Waals surface area contributed by atoms with Crippen LogP contribution in [0.2, 0.25) is 0 Å². The number of hydrogen-bond donors (Lipinski definition) is 1. The van der Waals surface area contributed by atoms with Crippen LogP contribution in [0.25, 0.3) is 10.9 Å². The molecular formula is C27H24N2O5. The monoisotopic (exact) mass is 456 g/mol. The molecule has 0 aliphatic rings. The van der Waals surface area contributed by atoms with Crippen molar-refractivity contribution in [1.29, 1.82) is 0 Å². The summed E-state index contributed by atoms with van der Waals surface area (Å²) in [6.45, 7) is 2.43. The number of hydrogen-bond acceptors (Lipinski definition) is 7. The molecule has 1 heterocycles. The highest BCUT2D eigenvalue weighted by atomic mass is 16.5. The van der Waals surface area contributed by atoms with Gasteiger partial charge in [0.25, 0.3) is 0 Å². The number of nitrogens with one attached hydrogen (secondary N) is 1. The molecule has 0 radical (unpaired) electrons. The Labute approximate surface area is 197 Å². The molecule has 0 aliphatic carbocycles. The van der Waals surface area contributed by atoms with Gasteiger partial charge in [0.1, 0.15) is 17.9 Å². The zero-order valence-corrected chi connectivity index (χ0v) is 18.9. The van der Waals surface area contributed by atoms with Crippen LogP contribution in [0.5, 0.6) is 5.75 Å². The number of rotatable bonds is 8. The average molecular weight is 456 g/mol. The number of nitrogens with zero attached hydrogens (tertiary/aromatic N) is 1. The quantitative estimate of drug-likeness (QED) is 0.349. The number of pyridine rings is 1. The van der Waals surface area contributed by atoms with Crippen LogP contribution in [0.3, 0.4) is 0 Å². The Morgan fingerprint density at radius 2 is 1.71 bits per heavy atom. The molecule has 0 spiro atoms. The van der Waals surface area contributed by atoms with Crippen molar-refractivity contribution in [3.05, 3.63) is 95.7 Å². The fourth-order valence-electron chi connectivity index (χ4n) is 3.46. The second kappa shape index (κ2) is 10.5. The van der Waals surface area contributed by atoms with E-state index in [-0.39, 0.29) is 12.2 Å². The predicted molar refractivity (Wildman–Crippen MR) is 130 cm³/mol. The molecule has 0 fully saturated rings. The second-order valence-corrected chi connectivity index (χ2v) is 7.41. The first-order valence-electron chi connectivity index (χ1n) is 10.8. The molecule has 0 atom stereocenters. The molecule has 4 rings (SSSR count). The Morgan fingerprint density at radius 1 is 0.941 bits per heavy atom. The van der Waals surface area contributed by atoms with Gasteiger partial charge in [0.2, 0.25) is 0 Å². The van der Waals surface area contributed by atoms with Crippen molar-refractivity contribution in [2.45, 2.75) is 13.5 Å². The lowest BCUT2D eigenvalue weighted by Gasteiger charge is -2.15. The number of carbonyl (C=O) groups is 2. The average Bonchev–Trinajstić information content (AvgIpc) is 2.88. The van der Waals surface area contributed by atoms with E-state index in [1.54, 1.807) is 25.1 Å². The molecule has 7 nitrogen and oxygen atoms in total. The van der Waals surface area contributed by atoms with Crippen LogP contribution in [-0.2, 0) is 16.1 Å². The van der Waals surface area contributed by atoms with Crippen molar-refractivity contribution < 1.29 is 23.8 Å². The molecule has 4 aromatic rings. The summed E-state index contributed by atoms with van der Waals surface area (Å²) in [5.41, 5.74) is 3.53. The van der Waals surface area contributed by atoms with Gasteiger partial charge in [0.05, 0.1) is 30.5 Å². The van der Waals surface area contributed by atoms with E-state index in [0.717, 1.165) is 11.3 Å². The maximum Gasteiger partial charge on any atom is 0.341 e. The number of methoxy groups -OCH3 is 1. The van der Waals surface area contributed by atoms with E-state index in [2.05, 4.69) is 10.3 Å².